The van der Waals surface area contributed by atoms with E-state index in [1.54, 1.807) is 0 Å². The molecule has 0 unspecified atom stereocenters. The first-order valence-electron chi connectivity index (χ1n) is 20.0. The first-order chi connectivity index (χ1) is 29.2. The molecule has 0 saturated heterocycles. The van der Waals surface area contributed by atoms with Crippen molar-refractivity contribution in [3.63, 3.8) is 0 Å². The summed E-state index contributed by atoms with van der Waals surface area (Å²) in [6, 6.07) is 71.2. The van der Waals surface area contributed by atoms with Gasteiger partial charge in [0.1, 0.15) is 11.2 Å². The molecule has 0 radical (unpaired) electrons. The molecule has 0 fully saturated rings. The average Bonchev–Trinajstić information content (AvgIpc) is 3.71. The zero-order chi connectivity index (χ0) is 38.9. The van der Waals surface area contributed by atoms with Crippen LogP contribution in [0.4, 0.5) is 0 Å². The summed E-state index contributed by atoms with van der Waals surface area (Å²) < 4.78 is 6.61. The van der Waals surface area contributed by atoms with E-state index in [-0.39, 0.29) is 0 Å². The van der Waals surface area contributed by atoms with Crippen LogP contribution in [0.25, 0.3) is 121 Å². The number of fused-ring (bicyclic) bond motifs is 11. The monoisotopic (exact) mass is 750 g/mol. The highest BCUT2D eigenvalue weighted by molar-refractivity contribution is 6.24. The Morgan fingerprint density at radius 3 is 1.63 bits per heavy atom. The quantitative estimate of drug-likeness (QED) is 0.164. The summed E-state index contributed by atoms with van der Waals surface area (Å²) >= 11 is 0. The summed E-state index contributed by atoms with van der Waals surface area (Å²) in [5, 5.41) is 9.22. The van der Waals surface area contributed by atoms with Crippen LogP contribution in [0.1, 0.15) is 0 Å². The summed E-state index contributed by atoms with van der Waals surface area (Å²) in [6.45, 7) is 0. The lowest BCUT2D eigenvalue weighted by Gasteiger charge is -2.14. The van der Waals surface area contributed by atoms with Crippen molar-refractivity contribution in [3.8, 4) is 55.8 Å². The molecule has 12 aromatic rings. The van der Waals surface area contributed by atoms with Gasteiger partial charge in [-0.15, -0.1) is 0 Å². The molecule has 0 aliphatic heterocycles. The van der Waals surface area contributed by atoms with Crippen LogP contribution in [0, 0.1) is 0 Å². The van der Waals surface area contributed by atoms with E-state index in [4.69, 9.17) is 14.4 Å². The lowest BCUT2D eigenvalue weighted by Crippen LogP contribution is -1.93. The fourth-order valence-electron chi connectivity index (χ4n) is 9.00. The highest BCUT2D eigenvalue weighted by atomic mass is 16.3. The smallest absolute Gasteiger partial charge is 0.143 e. The van der Waals surface area contributed by atoms with Crippen molar-refractivity contribution < 1.29 is 4.42 Å². The summed E-state index contributed by atoms with van der Waals surface area (Å²) in [4.78, 5) is 10.7. The molecule has 2 aromatic heterocycles. The second-order valence-corrected chi connectivity index (χ2v) is 15.3. The minimum Gasteiger partial charge on any atom is -0.455 e. The van der Waals surface area contributed by atoms with Crippen LogP contribution in [-0.2, 0) is 0 Å². The molecule has 59 heavy (non-hydrogen) atoms. The van der Waals surface area contributed by atoms with Crippen molar-refractivity contribution in [2.75, 3.05) is 0 Å². The molecule has 0 aliphatic carbocycles. The third-order valence-corrected chi connectivity index (χ3v) is 11.9. The molecule has 0 bridgehead atoms. The Morgan fingerprint density at radius 1 is 0.339 bits per heavy atom. The molecule has 0 N–H and O–H groups in total. The normalized spacial score (nSPS) is 11.7. The van der Waals surface area contributed by atoms with Crippen molar-refractivity contribution in [2.24, 2.45) is 0 Å². The molecule has 3 nitrogen and oxygen atoms in total. The predicted molar refractivity (Wildman–Crippen MR) is 247 cm³/mol. The number of hydrogen-bond acceptors (Lipinski definition) is 3. The van der Waals surface area contributed by atoms with Crippen molar-refractivity contribution in [1.29, 1.82) is 0 Å². The first kappa shape index (κ1) is 33.3. The van der Waals surface area contributed by atoms with E-state index >= 15 is 0 Å². The highest BCUT2D eigenvalue weighted by Crippen LogP contribution is 2.41. The lowest BCUT2D eigenvalue weighted by molar-refractivity contribution is 0.670. The van der Waals surface area contributed by atoms with Gasteiger partial charge in [0.25, 0.3) is 0 Å². The van der Waals surface area contributed by atoms with E-state index in [2.05, 4.69) is 200 Å². The number of para-hydroxylation sites is 1. The third kappa shape index (κ3) is 5.51. The Kier molecular flexibility index (Phi) is 7.54. The van der Waals surface area contributed by atoms with Gasteiger partial charge in [-0.3, -0.25) is 4.98 Å². The number of benzene rings is 10. The Hall–Kier alpha value is -7.88. The van der Waals surface area contributed by atoms with Gasteiger partial charge >= 0.3 is 0 Å². The standard InChI is InChI=1S/C56H34N2O/c1-3-12-35(13-4-1)40-24-27-46-47-28-25-41(36-14-5-2-6-15-36)33-50(47)55-54(49(46)32-40)57-34-51(58-55)43-20-10-18-39(31-43)38-17-9-19-42(30-38)45-22-11-23-48-53-44-21-8-7-16-37(44)26-29-52(53)59-56(45)48/h1-34H. The Balaban J connectivity index is 0.993. The van der Waals surface area contributed by atoms with Gasteiger partial charge in [0.15, 0.2) is 0 Å². The Morgan fingerprint density at radius 2 is 0.898 bits per heavy atom. The van der Waals surface area contributed by atoms with Crippen molar-refractivity contribution in [2.45, 2.75) is 0 Å². The largest absolute Gasteiger partial charge is 0.455 e. The van der Waals surface area contributed by atoms with Gasteiger partial charge in [-0.25, -0.2) is 4.98 Å². The summed E-state index contributed by atoms with van der Waals surface area (Å²) in [5.74, 6) is 0. The van der Waals surface area contributed by atoms with E-state index in [0.717, 1.165) is 93.8 Å². The molecular weight excluding hydrogens is 717 g/mol. The van der Waals surface area contributed by atoms with E-state index in [1.165, 1.54) is 27.3 Å². The number of aromatic nitrogens is 2. The molecule has 0 spiro atoms. The van der Waals surface area contributed by atoms with Crippen molar-refractivity contribution in [3.05, 3.63) is 206 Å². The molecule has 2 heterocycles. The number of furan rings is 1. The van der Waals surface area contributed by atoms with Gasteiger partial charge in [-0.2, -0.15) is 0 Å². The molecular formula is C56H34N2O. The van der Waals surface area contributed by atoms with Crippen LogP contribution in [-0.4, -0.2) is 9.97 Å². The van der Waals surface area contributed by atoms with E-state index in [1.807, 2.05) is 6.20 Å². The summed E-state index contributed by atoms with van der Waals surface area (Å²) in [5.41, 5.74) is 14.5. The molecule has 12 rings (SSSR count). The lowest BCUT2D eigenvalue weighted by atomic mass is 9.93. The van der Waals surface area contributed by atoms with Crippen LogP contribution in [0.15, 0.2) is 211 Å². The van der Waals surface area contributed by atoms with Gasteiger partial charge in [-0.1, -0.05) is 170 Å². The number of hydrogen-bond donors (Lipinski definition) is 0. The van der Waals surface area contributed by atoms with Crippen LogP contribution in [0.2, 0.25) is 0 Å². The minimum atomic E-state index is 0.833. The van der Waals surface area contributed by atoms with Crippen molar-refractivity contribution >= 4 is 65.3 Å². The first-order valence-corrected chi connectivity index (χ1v) is 20.0. The molecule has 0 saturated carbocycles. The van der Waals surface area contributed by atoms with Gasteiger partial charge in [0.2, 0.25) is 0 Å². The number of nitrogens with zero attached hydrogens (tertiary/aromatic N) is 2. The number of rotatable bonds is 5. The van der Waals surface area contributed by atoms with Gasteiger partial charge in [0.05, 0.1) is 22.9 Å². The van der Waals surface area contributed by atoms with Gasteiger partial charge in [0, 0.05) is 32.7 Å². The molecule has 3 heteroatoms. The molecule has 0 aliphatic rings. The van der Waals surface area contributed by atoms with Gasteiger partial charge in [-0.05, 0) is 90.8 Å². The Bertz CT molecular complexity index is 3610. The fourth-order valence-corrected chi connectivity index (χ4v) is 9.00. The molecule has 0 atom stereocenters. The van der Waals surface area contributed by atoms with Gasteiger partial charge < -0.3 is 4.42 Å². The highest BCUT2D eigenvalue weighted by Gasteiger charge is 2.17. The summed E-state index contributed by atoms with van der Waals surface area (Å²) in [7, 11) is 0. The van der Waals surface area contributed by atoms with Crippen LogP contribution in [0.3, 0.4) is 0 Å². The van der Waals surface area contributed by atoms with E-state index in [9.17, 15) is 0 Å². The molecule has 274 valence electrons. The van der Waals surface area contributed by atoms with Crippen molar-refractivity contribution in [1.82, 2.24) is 9.97 Å². The summed E-state index contributed by atoms with van der Waals surface area (Å²) in [6.07, 6.45) is 1.94. The second-order valence-electron chi connectivity index (χ2n) is 15.3. The minimum absolute atomic E-state index is 0.833. The average molecular weight is 751 g/mol. The second kappa shape index (κ2) is 13.4. The van der Waals surface area contributed by atoms with Crippen LogP contribution in [0.5, 0.6) is 0 Å². The fraction of sp³-hybridized carbons (Fsp3) is 0. The van der Waals surface area contributed by atoms with Crippen LogP contribution < -0.4 is 0 Å². The molecule has 0 amide bonds. The maximum absolute atomic E-state index is 6.61. The topological polar surface area (TPSA) is 38.9 Å². The SMILES string of the molecule is c1ccc(-c2ccc3c4ccc(-c5ccccc5)cc4c4nc(-c5cccc(-c6cccc(-c7cccc8c7oc7ccc9ccccc9c78)c6)c5)cnc4c3c2)cc1. The maximum atomic E-state index is 6.61. The van der Waals surface area contributed by atoms with E-state index < -0.39 is 0 Å². The Labute approximate surface area is 340 Å². The molecule has 10 aromatic carbocycles. The van der Waals surface area contributed by atoms with Crippen LogP contribution >= 0.6 is 0 Å². The maximum Gasteiger partial charge on any atom is 0.143 e. The van der Waals surface area contributed by atoms with E-state index in [0.29, 0.717) is 0 Å². The zero-order valence-electron chi connectivity index (χ0n) is 31.9. The third-order valence-electron chi connectivity index (χ3n) is 11.9. The zero-order valence-corrected chi connectivity index (χ0v) is 31.9. The predicted octanol–water partition coefficient (Wildman–Crippen LogP) is 15.3.